The molecule has 1 saturated heterocycles. The molecule has 1 aromatic heterocycles. The van der Waals surface area contributed by atoms with Crippen LogP contribution in [0.3, 0.4) is 0 Å². The van der Waals surface area contributed by atoms with Crippen LogP contribution in [0, 0.1) is 0 Å². The Morgan fingerprint density at radius 1 is 1.17 bits per heavy atom. The zero-order chi connectivity index (χ0) is 16.9. The highest BCUT2D eigenvalue weighted by Crippen LogP contribution is 2.38. The average Bonchev–Trinajstić information content (AvgIpc) is 3.35. The maximum absolute atomic E-state index is 12.2. The molecule has 1 aromatic rings. The number of hydrogen-bond donors (Lipinski definition) is 2. The lowest BCUT2D eigenvalue weighted by Gasteiger charge is -2.31. The fourth-order valence-corrected chi connectivity index (χ4v) is 3.13. The Kier molecular flexibility index (Phi) is 5.48. The molecule has 0 atom stereocenters. The van der Waals surface area contributed by atoms with Crippen molar-refractivity contribution in [2.45, 2.75) is 63.7 Å². The van der Waals surface area contributed by atoms with Crippen molar-refractivity contribution in [1.29, 1.82) is 0 Å². The Hall–Kier alpha value is -1.92. The lowest BCUT2D eigenvalue weighted by molar-refractivity contribution is -0.134. The Morgan fingerprint density at radius 3 is 2.58 bits per heavy atom. The number of aromatic amines is 1. The van der Waals surface area contributed by atoms with Gasteiger partial charge in [0.05, 0.1) is 0 Å². The van der Waals surface area contributed by atoms with Crippen LogP contribution in [0.1, 0.15) is 75.4 Å². The van der Waals surface area contributed by atoms with Crippen molar-refractivity contribution in [2.24, 2.45) is 0 Å². The highest BCUT2D eigenvalue weighted by Gasteiger charge is 2.30. The smallest absolute Gasteiger partial charge is 0.223 e. The fraction of sp³-hybridized carbons (Fsp3) is 0.765. The molecule has 7 nitrogen and oxygen atoms in total. The molecule has 2 aliphatic rings. The highest BCUT2D eigenvalue weighted by molar-refractivity contribution is 5.83. The van der Waals surface area contributed by atoms with Gasteiger partial charge in [0.2, 0.25) is 11.8 Å². The van der Waals surface area contributed by atoms with Gasteiger partial charge in [-0.15, -0.1) is 0 Å². The number of rotatable bonds is 7. The molecule has 3 rings (SSSR count). The second-order valence-electron chi connectivity index (χ2n) is 6.86. The summed E-state index contributed by atoms with van der Waals surface area (Å²) in [5.41, 5.74) is 0. The van der Waals surface area contributed by atoms with Gasteiger partial charge in [-0.3, -0.25) is 14.7 Å². The molecule has 0 unspecified atom stereocenters. The molecule has 0 aromatic carbocycles. The number of piperidine rings is 1. The van der Waals surface area contributed by atoms with Crippen molar-refractivity contribution in [3.63, 3.8) is 0 Å². The van der Waals surface area contributed by atoms with Crippen LogP contribution in [-0.2, 0) is 9.59 Å². The first-order valence-electron chi connectivity index (χ1n) is 9.14. The van der Waals surface area contributed by atoms with Gasteiger partial charge in [-0.1, -0.05) is 6.92 Å². The van der Waals surface area contributed by atoms with Gasteiger partial charge < -0.3 is 10.2 Å². The van der Waals surface area contributed by atoms with Gasteiger partial charge in [0.1, 0.15) is 5.82 Å². The standard InChI is InChI=1S/C17H27N5O2/c1-2-9-18-14(23)5-6-15(24)22-10-7-13(8-11-22)17-19-16(20-21-17)12-3-4-12/h12-13H,2-11H2,1H3,(H,18,23)(H,19,20,21). The second kappa shape index (κ2) is 7.77. The van der Waals surface area contributed by atoms with E-state index in [-0.39, 0.29) is 18.2 Å². The van der Waals surface area contributed by atoms with Crippen LogP contribution in [0.2, 0.25) is 0 Å². The summed E-state index contributed by atoms with van der Waals surface area (Å²) >= 11 is 0. The largest absolute Gasteiger partial charge is 0.356 e. The van der Waals surface area contributed by atoms with E-state index in [9.17, 15) is 9.59 Å². The SMILES string of the molecule is CCCNC(=O)CCC(=O)N1CCC(c2nc(C3CC3)n[nH]2)CC1. The fourth-order valence-electron chi connectivity index (χ4n) is 3.13. The summed E-state index contributed by atoms with van der Waals surface area (Å²) in [5, 5.41) is 10.2. The topological polar surface area (TPSA) is 91.0 Å². The van der Waals surface area contributed by atoms with Gasteiger partial charge in [-0.05, 0) is 32.1 Å². The number of hydrogen-bond acceptors (Lipinski definition) is 4. The van der Waals surface area contributed by atoms with E-state index in [0.29, 0.717) is 24.8 Å². The maximum Gasteiger partial charge on any atom is 0.223 e. The zero-order valence-electron chi connectivity index (χ0n) is 14.4. The number of amides is 2. The minimum atomic E-state index is -0.0330. The molecule has 1 saturated carbocycles. The van der Waals surface area contributed by atoms with Crippen LogP contribution in [0.5, 0.6) is 0 Å². The number of aromatic nitrogens is 3. The normalized spacial score (nSPS) is 18.6. The van der Waals surface area contributed by atoms with Gasteiger partial charge in [0.15, 0.2) is 5.82 Å². The Labute approximate surface area is 142 Å². The van der Waals surface area contributed by atoms with E-state index >= 15 is 0 Å². The third kappa shape index (κ3) is 4.33. The number of carbonyl (C=O) groups excluding carboxylic acids is 2. The Morgan fingerprint density at radius 2 is 1.92 bits per heavy atom. The van der Waals surface area contributed by atoms with Gasteiger partial charge in [0.25, 0.3) is 0 Å². The first-order chi connectivity index (χ1) is 11.7. The van der Waals surface area contributed by atoms with E-state index < -0.39 is 0 Å². The van der Waals surface area contributed by atoms with Crippen LogP contribution in [0.15, 0.2) is 0 Å². The molecular weight excluding hydrogens is 306 g/mol. The second-order valence-corrected chi connectivity index (χ2v) is 6.86. The highest BCUT2D eigenvalue weighted by atomic mass is 16.2. The molecule has 24 heavy (non-hydrogen) atoms. The molecule has 2 fully saturated rings. The minimum Gasteiger partial charge on any atom is -0.356 e. The van der Waals surface area contributed by atoms with Crippen molar-refractivity contribution in [2.75, 3.05) is 19.6 Å². The van der Waals surface area contributed by atoms with E-state index in [4.69, 9.17) is 0 Å². The van der Waals surface area contributed by atoms with Gasteiger partial charge >= 0.3 is 0 Å². The summed E-state index contributed by atoms with van der Waals surface area (Å²) < 4.78 is 0. The summed E-state index contributed by atoms with van der Waals surface area (Å²) in [4.78, 5) is 30.3. The molecule has 1 aliphatic carbocycles. The monoisotopic (exact) mass is 333 g/mol. The van der Waals surface area contributed by atoms with Crippen molar-refractivity contribution >= 4 is 11.8 Å². The van der Waals surface area contributed by atoms with Crippen LogP contribution in [0.25, 0.3) is 0 Å². The first-order valence-corrected chi connectivity index (χ1v) is 9.14. The molecule has 132 valence electrons. The predicted octanol–water partition coefficient (Wildman–Crippen LogP) is 1.69. The van der Waals surface area contributed by atoms with Crippen molar-refractivity contribution in [3.8, 4) is 0 Å². The molecule has 2 heterocycles. The van der Waals surface area contributed by atoms with E-state index in [1.165, 1.54) is 12.8 Å². The van der Waals surface area contributed by atoms with Crippen LogP contribution >= 0.6 is 0 Å². The van der Waals surface area contributed by atoms with E-state index in [1.54, 1.807) is 0 Å². The number of H-pyrrole nitrogens is 1. The summed E-state index contributed by atoms with van der Waals surface area (Å²) in [5.74, 6) is 2.91. The molecule has 7 heteroatoms. The number of likely N-dealkylation sites (tertiary alicyclic amines) is 1. The van der Waals surface area contributed by atoms with Gasteiger partial charge in [0, 0.05) is 44.3 Å². The molecule has 0 spiro atoms. The molecule has 1 aliphatic heterocycles. The summed E-state index contributed by atoms with van der Waals surface area (Å²) in [6, 6.07) is 0. The van der Waals surface area contributed by atoms with Crippen molar-refractivity contribution in [3.05, 3.63) is 11.6 Å². The van der Waals surface area contributed by atoms with Crippen LogP contribution in [0.4, 0.5) is 0 Å². The van der Waals surface area contributed by atoms with Crippen LogP contribution in [-0.4, -0.2) is 51.5 Å². The van der Waals surface area contributed by atoms with Gasteiger partial charge in [-0.25, -0.2) is 4.98 Å². The summed E-state index contributed by atoms with van der Waals surface area (Å²) in [7, 11) is 0. The number of carbonyl (C=O) groups is 2. The molecule has 0 bridgehead atoms. The molecule has 2 amide bonds. The lowest BCUT2D eigenvalue weighted by atomic mass is 9.96. The molecule has 2 N–H and O–H groups in total. The number of nitrogens with one attached hydrogen (secondary N) is 2. The maximum atomic E-state index is 12.2. The van der Waals surface area contributed by atoms with Crippen LogP contribution < -0.4 is 5.32 Å². The van der Waals surface area contributed by atoms with Crippen molar-refractivity contribution < 1.29 is 9.59 Å². The van der Waals surface area contributed by atoms with E-state index in [1.807, 2.05) is 11.8 Å². The first kappa shape index (κ1) is 16.9. The predicted molar refractivity (Wildman–Crippen MR) is 89.4 cm³/mol. The Bertz CT molecular complexity index is 573. The summed E-state index contributed by atoms with van der Waals surface area (Å²) in [6.45, 7) is 4.16. The number of nitrogens with zero attached hydrogens (tertiary/aromatic N) is 3. The molecule has 0 radical (unpaired) electrons. The lowest BCUT2D eigenvalue weighted by Crippen LogP contribution is -2.38. The van der Waals surface area contributed by atoms with Gasteiger partial charge in [-0.2, -0.15) is 5.10 Å². The Balaban J connectivity index is 1.40. The quantitative estimate of drug-likeness (QED) is 0.794. The molecular formula is C17H27N5O2. The zero-order valence-corrected chi connectivity index (χ0v) is 14.4. The third-order valence-corrected chi connectivity index (χ3v) is 4.83. The van der Waals surface area contributed by atoms with E-state index in [2.05, 4.69) is 20.5 Å². The van der Waals surface area contributed by atoms with Crippen molar-refractivity contribution in [1.82, 2.24) is 25.4 Å². The average molecular weight is 333 g/mol. The van der Waals surface area contributed by atoms with E-state index in [0.717, 1.165) is 44.0 Å². The minimum absolute atomic E-state index is 0.0330. The third-order valence-electron chi connectivity index (χ3n) is 4.83. The summed E-state index contributed by atoms with van der Waals surface area (Å²) in [6.07, 6.45) is 5.73.